The van der Waals surface area contributed by atoms with Gasteiger partial charge in [-0.25, -0.2) is 0 Å². The fraction of sp³-hybridized carbons (Fsp3) is 0.571. The Bertz CT molecular complexity index is 313. The number of hydrogen-bond donors (Lipinski definition) is 2. The lowest BCUT2D eigenvalue weighted by Gasteiger charge is -2.17. The van der Waals surface area contributed by atoms with Gasteiger partial charge >= 0.3 is 0 Å². The third-order valence-electron chi connectivity index (χ3n) is 2.74. The largest absolute Gasteiger partial charge is 0.508 e. The molecule has 1 aromatic rings. The summed E-state index contributed by atoms with van der Waals surface area (Å²) in [5, 5.41) is 12.8. The Kier molecular flexibility index (Phi) is 6.45. The van der Waals surface area contributed by atoms with Crippen LogP contribution in [-0.2, 0) is 6.42 Å². The van der Waals surface area contributed by atoms with Gasteiger partial charge in [0, 0.05) is 6.04 Å². The van der Waals surface area contributed by atoms with E-state index in [1.807, 2.05) is 23.9 Å². The fourth-order valence-corrected chi connectivity index (χ4v) is 2.49. The molecule has 0 aliphatic heterocycles. The van der Waals surface area contributed by atoms with Crippen molar-refractivity contribution in [3.8, 4) is 5.75 Å². The van der Waals surface area contributed by atoms with Gasteiger partial charge < -0.3 is 10.4 Å². The smallest absolute Gasteiger partial charge is 0.115 e. The molecule has 0 saturated carbocycles. The number of nitrogens with one attached hydrogen (secondary N) is 1. The number of thioether (sulfide) groups is 1. The molecule has 2 nitrogen and oxygen atoms in total. The van der Waals surface area contributed by atoms with Gasteiger partial charge in [0.25, 0.3) is 0 Å². The highest BCUT2D eigenvalue weighted by atomic mass is 32.2. The van der Waals surface area contributed by atoms with Gasteiger partial charge in [0.05, 0.1) is 0 Å². The van der Waals surface area contributed by atoms with Crippen molar-refractivity contribution >= 4 is 11.8 Å². The van der Waals surface area contributed by atoms with E-state index in [2.05, 4.69) is 25.4 Å². The molecular formula is C14H23NOS. The van der Waals surface area contributed by atoms with Crippen LogP contribution in [0.3, 0.4) is 0 Å². The molecule has 0 aliphatic carbocycles. The average molecular weight is 253 g/mol. The van der Waals surface area contributed by atoms with E-state index in [0.717, 1.165) is 13.0 Å². The highest BCUT2D eigenvalue weighted by Gasteiger charge is 2.06. The van der Waals surface area contributed by atoms with Crippen molar-refractivity contribution in [2.24, 2.45) is 5.92 Å². The number of hydrogen-bond acceptors (Lipinski definition) is 3. The van der Waals surface area contributed by atoms with Gasteiger partial charge in [0.2, 0.25) is 0 Å². The predicted octanol–water partition coefficient (Wildman–Crippen LogP) is 2.91. The summed E-state index contributed by atoms with van der Waals surface area (Å²) in [7, 11) is 0. The summed E-state index contributed by atoms with van der Waals surface area (Å²) in [6.45, 7) is 5.55. The zero-order valence-electron chi connectivity index (χ0n) is 10.9. The summed E-state index contributed by atoms with van der Waals surface area (Å²) in [5.74, 6) is 2.26. The Morgan fingerprint density at radius 2 is 1.88 bits per heavy atom. The van der Waals surface area contributed by atoms with E-state index < -0.39 is 0 Å². The van der Waals surface area contributed by atoms with E-state index in [9.17, 15) is 5.11 Å². The van der Waals surface area contributed by atoms with Crippen LogP contribution in [0.15, 0.2) is 24.3 Å². The molecule has 0 saturated heterocycles. The summed E-state index contributed by atoms with van der Waals surface area (Å²) in [6.07, 6.45) is 3.16. The van der Waals surface area contributed by atoms with Crippen LogP contribution in [0.1, 0.15) is 19.4 Å². The van der Waals surface area contributed by atoms with Crippen molar-refractivity contribution in [2.75, 3.05) is 18.6 Å². The van der Waals surface area contributed by atoms with Crippen molar-refractivity contribution in [1.29, 1.82) is 0 Å². The van der Waals surface area contributed by atoms with Gasteiger partial charge in [-0.1, -0.05) is 19.1 Å². The molecular weight excluding hydrogens is 230 g/mol. The highest BCUT2D eigenvalue weighted by molar-refractivity contribution is 7.98. The van der Waals surface area contributed by atoms with Crippen LogP contribution < -0.4 is 5.32 Å². The summed E-state index contributed by atoms with van der Waals surface area (Å²) in [6, 6.07) is 7.94. The molecule has 1 rings (SSSR count). The first-order valence-corrected chi connectivity index (χ1v) is 7.51. The summed E-state index contributed by atoms with van der Waals surface area (Å²) in [5.41, 5.74) is 1.26. The predicted molar refractivity (Wildman–Crippen MR) is 76.8 cm³/mol. The maximum Gasteiger partial charge on any atom is 0.115 e. The van der Waals surface area contributed by atoms with Crippen LogP contribution in [0.2, 0.25) is 0 Å². The van der Waals surface area contributed by atoms with E-state index in [4.69, 9.17) is 0 Å². The minimum Gasteiger partial charge on any atom is -0.508 e. The summed E-state index contributed by atoms with van der Waals surface area (Å²) >= 11 is 1.90. The Morgan fingerprint density at radius 3 is 2.47 bits per heavy atom. The molecule has 0 aromatic heterocycles. The molecule has 0 heterocycles. The van der Waals surface area contributed by atoms with E-state index in [1.54, 1.807) is 12.1 Å². The van der Waals surface area contributed by atoms with Crippen LogP contribution in [0.4, 0.5) is 0 Å². The first-order valence-electron chi connectivity index (χ1n) is 6.12. The second-order valence-corrected chi connectivity index (χ2v) is 5.65. The summed E-state index contributed by atoms with van der Waals surface area (Å²) in [4.78, 5) is 0. The molecule has 2 unspecified atom stereocenters. The number of rotatable bonds is 7. The van der Waals surface area contributed by atoms with Crippen LogP contribution >= 0.6 is 11.8 Å². The molecule has 3 heteroatoms. The van der Waals surface area contributed by atoms with Crippen LogP contribution in [-0.4, -0.2) is 29.7 Å². The molecule has 1 aromatic carbocycles. The molecule has 0 radical (unpaired) electrons. The molecule has 2 N–H and O–H groups in total. The molecule has 0 bridgehead atoms. The van der Waals surface area contributed by atoms with Crippen molar-refractivity contribution < 1.29 is 5.11 Å². The minimum absolute atomic E-state index is 0.336. The van der Waals surface area contributed by atoms with Crippen LogP contribution in [0.25, 0.3) is 0 Å². The highest BCUT2D eigenvalue weighted by Crippen LogP contribution is 2.11. The van der Waals surface area contributed by atoms with Crippen molar-refractivity contribution in [2.45, 2.75) is 26.3 Å². The number of phenolic OH excluding ortho intramolecular Hbond substituents is 1. The van der Waals surface area contributed by atoms with Gasteiger partial charge in [0.15, 0.2) is 0 Å². The van der Waals surface area contributed by atoms with Gasteiger partial charge in [-0.3, -0.25) is 0 Å². The maximum absolute atomic E-state index is 9.21. The SMILES string of the molecule is CSCC(C)CNC(C)Cc1ccc(O)cc1. The van der Waals surface area contributed by atoms with Crippen molar-refractivity contribution in [1.82, 2.24) is 5.32 Å². The molecule has 0 spiro atoms. The van der Waals surface area contributed by atoms with E-state index in [1.165, 1.54) is 11.3 Å². The van der Waals surface area contributed by atoms with Crippen molar-refractivity contribution in [3.63, 3.8) is 0 Å². The number of benzene rings is 1. The second kappa shape index (κ2) is 7.62. The van der Waals surface area contributed by atoms with Crippen LogP contribution in [0, 0.1) is 5.92 Å². The van der Waals surface area contributed by atoms with E-state index in [-0.39, 0.29) is 0 Å². The van der Waals surface area contributed by atoms with Gasteiger partial charge in [0.1, 0.15) is 5.75 Å². The zero-order valence-corrected chi connectivity index (χ0v) is 11.8. The second-order valence-electron chi connectivity index (χ2n) is 4.74. The quantitative estimate of drug-likeness (QED) is 0.783. The lowest BCUT2D eigenvalue weighted by Crippen LogP contribution is -2.32. The van der Waals surface area contributed by atoms with Crippen molar-refractivity contribution in [3.05, 3.63) is 29.8 Å². The number of aromatic hydroxyl groups is 1. The maximum atomic E-state index is 9.21. The lowest BCUT2D eigenvalue weighted by molar-refractivity contribution is 0.473. The van der Waals surface area contributed by atoms with Gasteiger partial charge in [-0.2, -0.15) is 11.8 Å². The monoisotopic (exact) mass is 253 g/mol. The molecule has 2 atom stereocenters. The first kappa shape index (κ1) is 14.4. The molecule has 17 heavy (non-hydrogen) atoms. The Balaban J connectivity index is 2.29. The Morgan fingerprint density at radius 1 is 1.24 bits per heavy atom. The molecule has 0 fully saturated rings. The average Bonchev–Trinajstić information content (AvgIpc) is 2.30. The first-order chi connectivity index (χ1) is 8.11. The third kappa shape index (κ3) is 5.99. The normalized spacial score (nSPS) is 14.5. The number of phenols is 1. The molecule has 0 amide bonds. The lowest BCUT2D eigenvalue weighted by atomic mass is 10.1. The molecule has 96 valence electrons. The zero-order chi connectivity index (χ0) is 12.7. The standard InChI is InChI=1S/C14H23NOS/c1-11(10-17-3)9-15-12(2)8-13-4-6-14(16)7-5-13/h4-7,11-12,15-16H,8-10H2,1-3H3. The Hall–Kier alpha value is -0.670. The van der Waals surface area contributed by atoms with E-state index >= 15 is 0 Å². The van der Waals surface area contributed by atoms with Gasteiger partial charge in [-0.15, -0.1) is 0 Å². The van der Waals surface area contributed by atoms with E-state index in [0.29, 0.717) is 17.7 Å². The topological polar surface area (TPSA) is 32.3 Å². The molecule has 0 aliphatic rings. The fourth-order valence-electron chi connectivity index (χ4n) is 1.80. The summed E-state index contributed by atoms with van der Waals surface area (Å²) < 4.78 is 0. The third-order valence-corrected chi connectivity index (χ3v) is 3.65. The minimum atomic E-state index is 0.336. The Labute approximate surface area is 109 Å². The van der Waals surface area contributed by atoms with Gasteiger partial charge in [-0.05, 0) is 55.5 Å². The van der Waals surface area contributed by atoms with Crippen LogP contribution in [0.5, 0.6) is 5.75 Å².